The molecule has 2 aliphatic rings. The molecule has 180 valence electrons. The Morgan fingerprint density at radius 2 is 2.00 bits per heavy atom. The van der Waals surface area contributed by atoms with E-state index in [2.05, 4.69) is 4.90 Å². The molecule has 1 saturated heterocycles. The Labute approximate surface area is 203 Å². The number of rotatable bonds is 7. The van der Waals surface area contributed by atoms with E-state index in [0.29, 0.717) is 28.9 Å². The van der Waals surface area contributed by atoms with Crippen LogP contribution in [0.3, 0.4) is 0 Å². The van der Waals surface area contributed by atoms with Gasteiger partial charge in [-0.3, -0.25) is 14.6 Å². The van der Waals surface area contributed by atoms with Crippen LogP contribution in [0.15, 0.2) is 36.4 Å². The molecule has 1 atom stereocenters. The molecule has 9 heteroatoms. The largest absolute Gasteiger partial charge is 0.494 e. The van der Waals surface area contributed by atoms with Crippen molar-refractivity contribution in [3.05, 3.63) is 42.0 Å². The molecule has 2 aromatic carbocycles. The maximum atomic E-state index is 13.7. The topological polar surface area (TPSA) is 73.4 Å². The predicted molar refractivity (Wildman–Crippen MR) is 131 cm³/mol. The second kappa shape index (κ2) is 10.2. The highest BCUT2D eigenvalue weighted by Gasteiger charge is 2.33. The monoisotopic (exact) mass is 483 g/mol. The molecule has 3 heterocycles. The van der Waals surface area contributed by atoms with Crippen LogP contribution in [0.2, 0.25) is 0 Å². The summed E-state index contributed by atoms with van der Waals surface area (Å²) < 4.78 is 23.9. The number of aryl methyl sites for hydroxylation is 1. The first kappa shape index (κ1) is 22.9. The van der Waals surface area contributed by atoms with Gasteiger partial charge in [-0.1, -0.05) is 29.5 Å². The number of carbonyl (C=O) groups is 1. The smallest absolute Gasteiger partial charge is 0.273 e. The number of ether oxygens (including phenoxy) is 4. The fraction of sp³-hybridized carbons (Fsp3) is 0.440. The quantitative estimate of drug-likeness (QED) is 0.509. The van der Waals surface area contributed by atoms with Crippen molar-refractivity contribution >= 4 is 32.6 Å². The highest BCUT2D eigenvalue weighted by Crippen LogP contribution is 2.37. The minimum absolute atomic E-state index is 0.146. The minimum Gasteiger partial charge on any atom is -0.494 e. The molecule has 1 amide bonds. The number of hydrogen-bond acceptors (Lipinski definition) is 8. The maximum absolute atomic E-state index is 13.7. The van der Waals surface area contributed by atoms with Crippen LogP contribution in [0.1, 0.15) is 12.0 Å². The van der Waals surface area contributed by atoms with Crippen molar-refractivity contribution in [1.82, 2.24) is 9.88 Å². The van der Waals surface area contributed by atoms with Crippen LogP contribution in [0.5, 0.6) is 17.2 Å². The molecule has 0 saturated carbocycles. The molecule has 0 N–H and O–H groups in total. The molecule has 5 rings (SSSR count). The fourth-order valence-electron chi connectivity index (χ4n) is 4.27. The van der Waals surface area contributed by atoms with Gasteiger partial charge in [-0.2, -0.15) is 0 Å². The number of hydrogen-bond donors (Lipinski definition) is 0. The maximum Gasteiger partial charge on any atom is 0.273 e. The van der Waals surface area contributed by atoms with Crippen LogP contribution in [-0.2, 0) is 9.53 Å². The summed E-state index contributed by atoms with van der Waals surface area (Å²) in [4.78, 5) is 22.7. The Hall–Kier alpha value is -2.88. The van der Waals surface area contributed by atoms with Crippen molar-refractivity contribution in [1.29, 1.82) is 0 Å². The van der Waals surface area contributed by atoms with E-state index < -0.39 is 6.10 Å². The lowest BCUT2D eigenvalue weighted by molar-refractivity contribution is -0.127. The van der Waals surface area contributed by atoms with E-state index in [-0.39, 0.29) is 12.5 Å². The van der Waals surface area contributed by atoms with Gasteiger partial charge in [-0.25, -0.2) is 4.98 Å². The van der Waals surface area contributed by atoms with Gasteiger partial charge in [0.1, 0.15) is 17.9 Å². The van der Waals surface area contributed by atoms with Crippen molar-refractivity contribution in [3.63, 3.8) is 0 Å². The van der Waals surface area contributed by atoms with Crippen LogP contribution in [0.25, 0.3) is 10.2 Å². The molecule has 0 radical (unpaired) electrons. The van der Waals surface area contributed by atoms with Gasteiger partial charge in [-0.05, 0) is 37.1 Å². The summed E-state index contributed by atoms with van der Waals surface area (Å²) in [5.74, 6) is 1.80. The fourth-order valence-corrected chi connectivity index (χ4v) is 5.35. The van der Waals surface area contributed by atoms with Gasteiger partial charge in [0.15, 0.2) is 16.6 Å². The summed E-state index contributed by atoms with van der Waals surface area (Å²) in [6.07, 6.45) is 0.0929. The molecule has 0 unspecified atom stereocenters. The Kier molecular flexibility index (Phi) is 6.85. The van der Waals surface area contributed by atoms with Gasteiger partial charge in [-0.15, -0.1) is 0 Å². The molecule has 0 spiro atoms. The highest BCUT2D eigenvalue weighted by molar-refractivity contribution is 7.22. The first-order valence-electron chi connectivity index (χ1n) is 11.6. The van der Waals surface area contributed by atoms with Gasteiger partial charge >= 0.3 is 0 Å². The summed E-state index contributed by atoms with van der Waals surface area (Å²) in [6.45, 7) is 7.00. The summed E-state index contributed by atoms with van der Waals surface area (Å²) in [5.41, 5.74) is 1.88. The van der Waals surface area contributed by atoms with Gasteiger partial charge in [0.2, 0.25) is 6.10 Å². The van der Waals surface area contributed by atoms with Crippen molar-refractivity contribution in [2.45, 2.75) is 19.4 Å². The number of anilines is 1. The van der Waals surface area contributed by atoms with Crippen LogP contribution in [0.4, 0.5) is 5.13 Å². The summed E-state index contributed by atoms with van der Waals surface area (Å²) in [7, 11) is 1.64. The standard InChI is InChI=1S/C25H29N3O5S/c1-17-8-9-20(30-2)22-23(17)34-25(26-22)28(11-5-10-27-12-14-31-15-13-27)24(29)21-16-32-18-6-3-4-7-19(18)33-21/h3-4,6-9,21H,5,10-16H2,1-2H3/t21-/m0/s1. The number of amides is 1. The van der Waals surface area contributed by atoms with E-state index in [4.69, 9.17) is 23.9 Å². The predicted octanol–water partition coefficient (Wildman–Crippen LogP) is 3.51. The lowest BCUT2D eigenvalue weighted by Crippen LogP contribution is -2.47. The Morgan fingerprint density at radius 3 is 2.79 bits per heavy atom. The molecule has 8 nitrogen and oxygen atoms in total. The van der Waals surface area contributed by atoms with Crippen molar-refractivity contribution < 1.29 is 23.7 Å². The van der Waals surface area contributed by atoms with Crippen molar-refractivity contribution in [3.8, 4) is 17.2 Å². The second-order valence-corrected chi connectivity index (χ2v) is 9.40. The Morgan fingerprint density at radius 1 is 1.21 bits per heavy atom. The van der Waals surface area contributed by atoms with Crippen molar-refractivity contribution in [2.24, 2.45) is 0 Å². The first-order valence-corrected chi connectivity index (χ1v) is 12.4. The highest BCUT2D eigenvalue weighted by atomic mass is 32.1. The minimum atomic E-state index is -0.728. The zero-order chi connectivity index (χ0) is 23.5. The molecule has 1 aromatic heterocycles. The average molecular weight is 484 g/mol. The molecular weight excluding hydrogens is 454 g/mol. The number of nitrogens with zero attached hydrogens (tertiary/aromatic N) is 3. The molecular formula is C25H29N3O5S. The Bertz CT molecular complexity index is 1160. The van der Waals surface area contributed by atoms with E-state index in [9.17, 15) is 4.79 Å². The van der Waals surface area contributed by atoms with E-state index >= 15 is 0 Å². The van der Waals surface area contributed by atoms with Crippen LogP contribution >= 0.6 is 11.3 Å². The van der Waals surface area contributed by atoms with Crippen LogP contribution in [-0.4, -0.2) is 75.0 Å². The number of morpholine rings is 1. The first-order chi connectivity index (χ1) is 16.6. The normalized spacial score (nSPS) is 18.1. The Balaban J connectivity index is 1.40. The van der Waals surface area contributed by atoms with Gasteiger partial charge in [0.05, 0.1) is 25.0 Å². The molecule has 34 heavy (non-hydrogen) atoms. The summed E-state index contributed by atoms with van der Waals surface area (Å²) >= 11 is 1.51. The lowest BCUT2D eigenvalue weighted by Gasteiger charge is -2.31. The third kappa shape index (κ3) is 4.68. The zero-order valence-electron chi connectivity index (χ0n) is 19.5. The third-order valence-electron chi connectivity index (χ3n) is 6.15. The van der Waals surface area contributed by atoms with E-state index in [1.165, 1.54) is 11.3 Å². The average Bonchev–Trinajstić information content (AvgIpc) is 3.33. The molecule has 3 aromatic rings. The van der Waals surface area contributed by atoms with Crippen LogP contribution < -0.4 is 19.1 Å². The van der Waals surface area contributed by atoms with Gasteiger partial charge < -0.3 is 18.9 Å². The van der Waals surface area contributed by atoms with Crippen LogP contribution in [0, 0.1) is 6.92 Å². The molecule has 0 bridgehead atoms. The SMILES string of the molecule is COc1ccc(C)c2sc(N(CCCN3CCOCC3)C(=O)[C@@H]3COc4ccccc4O3)nc12. The number of thiazole rings is 1. The van der Waals surface area contributed by atoms with Gasteiger partial charge in [0, 0.05) is 26.2 Å². The number of fused-ring (bicyclic) bond motifs is 2. The number of carbonyl (C=O) groups excluding carboxylic acids is 1. The van der Waals surface area contributed by atoms with Crippen molar-refractivity contribution in [2.75, 3.05) is 58.0 Å². The lowest BCUT2D eigenvalue weighted by atomic mass is 10.2. The zero-order valence-corrected chi connectivity index (χ0v) is 20.3. The second-order valence-electron chi connectivity index (χ2n) is 8.42. The van der Waals surface area contributed by atoms with Gasteiger partial charge in [0.25, 0.3) is 5.91 Å². The number of methoxy groups -OCH3 is 1. The third-order valence-corrected chi connectivity index (χ3v) is 7.37. The van der Waals surface area contributed by atoms with E-state index in [1.807, 2.05) is 43.3 Å². The van der Waals surface area contributed by atoms with E-state index in [1.54, 1.807) is 12.0 Å². The number of benzene rings is 2. The molecule has 2 aliphatic heterocycles. The summed E-state index contributed by atoms with van der Waals surface area (Å²) in [5, 5.41) is 0.650. The summed E-state index contributed by atoms with van der Waals surface area (Å²) in [6, 6.07) is 11.4. The number of aromatic nitrogens is 1. The van der Waals surface area contributed by atoms with E-state index in [0.717, 1.165) is 55.0 Å². The molecule has 1 fully saturated rings. The molecule has 0 aliphatic carbocycles. The number of para-hydroxylation sites is 2.